The number of thiazole rings is 1. The smallest absolute Gasteiger partial charge is 0.257 e. The summed E-state index contributed by atoms with van der Waals surface area (Å²) in [5.74, 6) is 0.876. The molecule has 1 amide bonds. The topological polar surface area (TPSA) is 60.5 Å². The molecule has 0 radical (unpaired) electrons. The molecule has 0 bridgehead atoms. The maximum absolute atomic E-state index is 12.5. The number of rotatable bonds is 6. The number of amides is 1. The molecule has 6 heteroatoms. The number of nitrogens with zero attached hydrogens (tertiary/aromatic N) is 1. The fourth-order valence-corrected chi connectivity index (χ4v) is 3.42. The van der Waals surface area contributed by atoms with E-state index < -0.39 is 0 Å². The third-order valence-corrected chi connectivity index (χ3v) is 4.76. The Morgan fingerprint density at radius 3 is 2.50 bits per heavy atom. The van der Waals surface area contributed by atoms with Gasteiger partial charge < -0.3 is 9.47 Å². The molecule has 0 atom stereocenters. The minimum Gasteiger partial charge on any atom is -0.497 e. The van der Waals surface area contributed by atoms with Crippen molar-refractivity contribution in [2.45, 2.75) is 13.3 Å². The van der Waals surface area contributed by atoms with E-state index in [0.29, 0.717) is 22.2 Å². The highest BCUT2D eigenvalue weighted by Gasteiger charge is 2.12. The van der Waals surface area contributed by atoms with E-state index in [4.69, 9.17) is 9.47 Å². The number of aromatic nitrogens is 1. The van der Waals surface area contributed by atoms with Gasteiger partial charge in [0.1, 0.15) is 11.5 Å². The van der Waals surface area contributed by atoms with Crippen molar-refractivity contribution in [1.82, 2.24) is 4.98 Å². The molecule has 0 saturated carbocycles. The van der Waals surface area contributed by atoms with Gasteiger partial charge in [0, 0.05) is 29.1 Å². The summed E-state index contributed by atoms with van der Waals surface area (Å²) in [5, 5.41) is 3.40. The second-order valence-electron chi connectivity index (χ2n) is 5.85. The number of ether oxygens (including phenoxy) is 2. The maximum Gasteiger partial charge on any atom is 0.257 e. The van der Waals surface area contributed by atoms with Crippen LogP contribution in [0.5, 0.6) is 11.5 Å². The number of carbonyl (C=O) groups is 1. The van der Waals surface area contributed by atoms with E-state index in [1.54, 1.807) is 38.6 Å². The molecular formula is C20H20N2O3S. The molecule has 5 nitrogen and oxygen atoms in total. The number of anilines is 1. The summed E-state index contributed by atoms with van der Waals surface area (Å²) in [6, 6.07) is 13.4. The first-order chi connectivity index (χ1) is 12.6. The summed E-state index contributed by atoms with van der Waals surface area (Å²) in [4.78, 5) is 17.9. The maximum atomic E-state index is 12.5. The Bertz CT molecular complexity index is 899. The Hall–Kier alpha value is -2.86. The zero-order valence-corrected chi connectivity index (χ0v) is 15.7. The first kappa shape index (κ1) is 17.9. The van der Waals surface area contributed by atoms with Crippen molar-refractivity contribution in [1.29, 1.82) is 0 Å². The molecule has 3 aromatic rings. The number of aryl methyl sites for hydroxylation is 1. The van der Waals surface area contributed by atoms with Gasteiger partial charge in [0.2, 0.25) is 0 Å². The van der Waals surface area contributed by atoms with Crippen molar-refractivity contribution in [2.24, 2.45) is 0 Å². The quantitative estimate of drug-likeness (QED) is 0.704. The summed E-state index contributed by atoms with van der Waals surface area (Å²) in [7, 11) is 3.10. The third kappa shape index (κ3) is 4.40. The van der Waals surface area contributed by atoms with Gasteiger partial charge in [-0.2, -0.15) is 0 Å². The van der Waals surface area contributed by atoms with Crippen LogP contribution in [0.4, 0.5) is 5.13 Å². The van der Waals surface area contributed by atoms with Crippen LogP contribution in [0.3, 0.4) is 0 Å². The van der Waals surface area contributed by atoms with Crippen LogP contribution >= 0.6 is 11.3 Å². The highest BCUT2D eigenvalue weighted by Crippen LogP contribution is 2.25. The molecule has 0 unspecified atom stereocenters. The van der Waals surface area contributed by atoms with Crippen LogP contribution in [0, 0.1) is 6.92 Å². The minimum absolute atomic E-state index is 0.251. The highest BCUT2D eigenvalue weighted by atomic mass is 32.1. The molecule has 134 valence electrons. The Kier molecular flexibility index (Phi) is 5.53. The van der Waals surface area contributed by atoms with Gasteiger partial charge in [0.05, 0.1) is 14.2 Å². The molecule has 0 saturated heterocycles. The third-order valence-electron chi connectivity index (χ3n) is 3.85. The molecule has 0 aliphatic heterocycles. The second-order valence-corrected chi connectivity index (χ2v) is 6.97. The van der Waals surface area contributed by atoms with Crippen LogP contribution < -0.4 is 14.8 Å². The molecule has 1 aromatic heterocycles. The van der Waals surface area contributed by atoms with Gasteiger partial charge >= 0.3 is 0 Å². The monoisotopic (exact) mass is 368 g/mol. The van der Waals surface area contributed by atoms with Crippen LogP contribution in [-0.4, -0.2) is 25.1 Å². The van der Waals surface area contributed by atoms with Gasteiger partial charge in [0.25, 0.3) is 5.91 Å². The lowest BCUT2D eigenvalue weighted by Gasteiger charge is -2.08. The molecule has 0 aliphatic rings. The predicted molar refractivity (Wildman–Crippen MR) is 104 cm³/mol. The van der Waals surface area contributed by atoms with Gasteiger partial charge in [-0.1, -0.05) is 29.8 Å². The van der Waals surface area contributed by atoms with Crippen LogP contribution in [0.1, 0.15) is 26.4 Å². The lowest BCUT2D eigenvalue weighted by Crippen LogP contribution is -2.11. The number of nitrogens with one attached hydrogen (secondary N) is 1. The van der Waals surface area contributed by atoms with E-state index >= 15 is 0 Å². The molecular weight excluding hydrogens is 348 g/mol. The number of hydrogen-bond donors (Lipinski definition) is 1. The Morgan fingerprint density at radius 1 is 1.12 bits per heavy atom. The van der Waals surface area contributed by atoms with E-state index in [1.807, 2.05) is 6.07 Å². The van der Waals surface area contributed by atoms with Gasteiger partial charge in [-0.15, -0.1) is 11.3 Å². The highest BCUT2D eigenvalue weighted by molar-refractivity contribution is 7.15. The van der Waals surface area contributed by atoms with Crippen molar-refractivity contribution in [2.75, 3.05) is 19.5 Å². The lowest BCUT2D eigenvalue weighted by atomic mass is 10.1. The molecule has 0 fully saturated rings. The number of carbonyl (C=O) groups excluding carboxylic acids is 1. The normalized spacial score (nSPS) is 10.4. The molecule has 2 aromatic carbocycles. The first-order valence-corrected chi connectivity index (χ1v) is 8.93. The van der Waals surface area contributed by atoms with Crippen LogP contribution in [-0.2, 0) is 6.42 Å². The van der Waals surface area contributed by atoms with E-state index in [-0.39, 0.29) is 5.91 Å². The molecule has 0 spiro atoms. The fourth-order valence-electron chi connectivity index (χ4n) is 2.58. The van der Waals surface area contributed by atoms with Gasteiger partial charge in [0.15, 0.2) is 5.13 Å². The molecule has 1 heterocycles. The molecule has 26 heavy (non-hydrogen) atoms. The van der Waals surface area contributed by atoms with Crippen LogP contribution in [0.2, 0.25) is 0 Å². The van der Waals surface area contributed by atoms with Crippen molar-refractivity contribution >= 4 is 22.4 Å². The van der Waals surface area contributed by atoms with E-state index in [2.05, 4.69) is 35.4 Å². The van der Waals surface area contributed by atoms with Gasteiger partial charge in [-0.05, 0) is 24.6 Å². The standard InChI is InChI=1S/C20H20N2O3S/c1-13-5-4-6-14(7-13)8-18-12-21-20(26-18)22-19(23)15-9-16(24-2)11-17(10-15)25-3/h4-7,9-12H,8H2,1-3H3,(H,21,22,23). The fraction of sp³-hybridized carbons (Fsp3) is 0.200. The van der Waals surface area contributed by atoms with Crippen LogP contribution in [0.15, 0.2) is 48.7 Å². The Labute approximate surface area is 156 Å². The predicted octanol–water partition coefficient (Wildman–Crippen LogP) is 4.31. The molecule has 1 N–H and O–H groups in total. The number of benzene rings is 2. The van der Waals surface area contributed by atoms with Crippen molar-refractivity contribution < 1.29 is 14.3 Å². The van der Waals surface area contributed by atoms with Crippen molar-refractivity contribution in [3.05, 3.63) is 70.2 Å². The molecule has 3 rings (SSSR count). The average Bonchev–Trinajstić information content (AvgIpc) is 3.07. The molecule has 0 aliphatic carbocycles. The average molecular weight is 368 g/mol. The van der Waals surface area contributed by atoms with E-state index in [9.17, 15) is 4.79 Å². The zero-order valence-electron chi connectivity index (χ0n) is 14.9. The Balaban J connectivity index is 1.71. The summed E-state index contributed by atoms with van der Waals surface area (Å²) >= 11 is 1.47. The zero-order chi connectivity index (χ0) is 18.5. The summed E-state index contributed by atoms with van der Waals surface area (Å²) in [6.07, 6.45) is 2.59. The largest absolute Gasteiger partial charge is 0.497 e. The van der Waals surface area contributed by atoms with Gasteiger partial charge in [-0.3, -0.25) is 10.1 Å². The Morgan fingerprint density at radius 2 is 1.85 bits per heavy atom. The second kappa shape index (κ2) is 8.01. The minimum atomic E-state index is -0.251. The van der Waals surface area contributed by atoms with E-state index in [1.165, 1.54) is 22.5 Å². The SMILES string of the molecule is COc1cc(OC)cc(C(=O)Nc2ncc(Cc3cccc(C)c3)s2)c1. The first-order valence-electron chi connectivity index (χ1n) is 8.12. The summed E-state index contributed by atoms with van der Waals surface area (Å²) in [6.45, 7) is 2.07. The van der Waals surface area contributed by atoms with Crippen molar-refractivity contribution in [3.8, 4) is 11.5 Å². The number of hydrogen-bond acceptors (Lipinski definition) is 5. The van der Waals surface area contributed by atoms with Crippen molar-refractivity contribution in [3.63, 3.8) is 0 Å². The number of methoxy groups -OCH3 is 2. The van der Waals surface area contributed by atoms with Crippen LogP contribution in [0.25, 0.3) is 0 Å². The van der Waals surface area contributed by atoms with Gasteiger partial charge in [-0.25, -0.2) is 4.98 Å². The lowest BCUT2D eigenvalue weighted by molar-refractivity contribution is 0.102. The summed E-state index contributed by atoms with van der Waals surface area (Å²) < 4.78 is 10.4. The van der Waals surface area contributed by atoms with E-state index in [0.717, 1.165) is 11.3 Å². The summed E-state index contributed by atoms with van der Waals surface area (Å²) in [5.41, 5.74) is 2.91.